The van der Waals surface area contributed by atoms with Gasteiger partial charge in [-0.05, 0) is 23.3 Å². The normalized spacial score (nSPS) is 15.8. The van der Waals surface area contributed by atoms with Crippen LogP contribution in [0.4, 0.5) is 13.2 Å². The molecule has 3 nitrogen and oxygen atoms in total. The molecule has 0 bridgehead atoms. The highest BCUT2D eigenvalue weighted by molar-refractivity contribution is 5.95. The molecule has 0 fully saturated rings. The molecule has 0 aliphatic heterocycles. The number of aliphatic hydroxyl groups is 1. The Labute approximate surface area is 137 Å². The van der Waals surface area contributed by atoms with E-state index < -0.39 is 28.8 Å². The van der Waals surface area contributed by atoms with Crippen molar-refractivity contribution in [3.8, 4) is 0 Å². The van der Waals surface area contributed by atoms with E-state index in [-0.39, 0.29) is 6.54 Å². The third kappa shape index (κ3) is 3.28. The van der Waals surface area contributed by atoms with Gasteiger partial charge >= 0.3 is 6.18 Å². The number of carbonyl (C=O) groups is 1. The van der Waals surface area contributed by atoms with Gasteiger partial charge < -0.3 is 10.4 Å². The molecule has 24 heavy (non-hydrogen) atoms. The fraction of sp³-hybridized carbons (Fsp3) is 0.278. The quantitative estimate of drug-likeness (QED) is 0.906. The topological polar surface area (TPSA) is 49.3 Å². The van der Waals surface area contributed by atoms with Crippen LogP contribution in [0.3, 0.4) is 0 Å². The monoisotopic (exact) mass is 335 g/mol. The third-order valence-electron chi connectivity index (χ3n) is 4.21. The molecule has 2 aromatic carbocycles. The van der Waals surface area contributed by atoms with E-state index in [0.717, 1.165) is 23.3 Å². The van der Waals surface area contributed by atoms with E-state index in [2.05, 4.69) is 5.32 Å². The molecule has 0 saturated heterocycles. The van der Waals surface area contributed by atoms with E-state index in [1.807, 2.05) is 24.3 Å². The fourth-order valence-electron chi connectivity index (χ4n) is 3.07. The number of fused-ring (bicyclic) bond motifs is 1. The number of carbonyl (C=O) groups excluding carboxylic acids is 1. The van der Waals surface area contributed by atoms with Gasteiger partial charge in [0.25, 0.3) is 5.91 Å². The maximum Gasteiger partial charge on any atom is 0.417 e. The minimum absolute atomic E-state index is 0.104. The van der Waals surface area contributed by atoms with E-state index in [9.17, 15) is 23.1 Å². The van der Waals surface area contributed by atoms with Crippen molar-refractivity contribution in [1.29, 1.82) is 0 Å². The number of nitrogens with one attached hydrogen (secondary N) is 1. The molecule has 3 rings (SSSR count). The first-order chi connectivity index (χ1) is 11.3. The van der Waals surface area contributed by atoms with Crippen LogP contribution < -0.4 is 5.32 Å². The van der Waals surface area contributed by atoms with Crippen molar-refractivity contribution in [1.82, 2.24) is 5.32 Å². The summed E-state index contributed by atoms with van der Waals surface area (Å²) in [5, 5.41) is 13.0. The van der Waals surface area contributed by atoms with Gasteiger partial charge in [0.15, 0.2) is 0 Å². The first kappa shape index (κ1) is 16.5. The average Bonchev–Trinajstić information content (AvgIpc) is 2.88. The minimum Gasteiger partial charge on any atom is -0.387 e. The maximum atomic E-state index is 13.0. The van der Waals surface area contributed by atoms with Gasteiger partial charge in [-0.25, -0.2) is 0 Å². The number of benzene rings is 2. The Bertz CT molecular complexity index is 746. The Morgan fingerprint density at radius 1 is 1.04 bits per heavy atom. The lowest BCUT2D eigenvalue weighted by Gasteiger charge is -2.23. The van der Waals surface area contributed by atoms with Crippen molar-refractivity contribution >= 4 is 5.91 Å². The number of hydrogen-bond acceptors (Lipinski definition) is 2. The molecule has 2 aromatic rings. The highest BCUT2D eigenvalue weighted by Gasteiger charge is 2.37. The van der Waals surface area contributed by atoms with Crippen LogP contribution in [-0.2, 0) is 19.0 Å². The lowest BCUT2D eigenvalue weighted by Crippen LogP contribution is -2.44. The van der Waals surface area contributed by atoms with Gasteiger partial charge in [-0.15, -0.1) is 0 Å². The predicted molar refractivity (Wildman–Crippen MR) is 82.6 cm³/mol. The Morgan fingerprint density at radius 2 is 1.58 bits per heavy atom. The Kier molecular flexibility index (Phi) is 4.09. The molecular formula is C18H16F3NO2. The van der Waals surface area contributed by atoms with Crippen LogP contribution in [0.25, 0.3) is 0 Å². The number of alkyl halides is 3. The van der Waals surface area contributed by atoms with E-state index in [4.69, 9.17) is 0 Å². The first-order valence-electron chi connectivity index (χ1n) is 7.52. The summed E-state index contributed by atoms with van der Waals surface area (Å²) in [4.78, 5) is 12.2. The van der Waals surface area contributed by atoms with Gasteiger partial charge in [-0.2, -0.15) is 13.2 Å². The Balaban J connectivity index is 1.72. The van der Waals surface area contributed by atoms with Crippen molar-refractivity contribution in [2.45, 2.75) is 24.6 Å². The van der Waals surface area contributed by atoms with Crippen LogP contribution in [0.15, 0.2) is 48.5 Å². The molecule has 0 radical (unpaired) electrons. The van der Waals surface area contributed by atoms with Crippen LogP contribution >= 0.6 is 0 Å². The summed E-state index contributed by atoms with van der Waals surface area (Å²) < 4.78 is 38.9. The molecule has 0 heterocycles. The summed E-state index contributed by atoms with van der Waals surface area (Å²) in [6.07, 6.45) is -3.87. The van der Waals surface area contributed by atoms with Crippen LogP contribution in [0.5, 0.6) is 0 Å². The van der Waals surface area contributed by atoms with Gasteiger partial charge in [0, 0.05) is 19.4 Å². The number of amides is 1. The molecule has 1 aliphatic carbocycles. The number of rotatable bonds is 3. The van der Waals surface area contributed by atoms with Gasteiger partial charge in [0.2, 0.25) is 0 Å². The van der Waals surface area contributed by atoms with Gasteiger partial charge in [-0.1, -0.05) is 36.4 Å². The second-order valence-corrected chi connectivity index (χ2v) is 6.07. The minimum atomic E-state index is -4.60. The number of halogens is 3. The fourth-order valence-corrected chi connectivity index (χ4v) is 3.07. The summed E-state index contributed by atoms with van der Waals surface area (Å²) in [5.74, 6) is -0.840. The molecule has 1 aliphatic rings. The maximum absolute atomic E-state index is 13.0. The first-order valence-corrected chi connectivity index (χ1v) is 7.52. The third-order valence-corrected chi connectivity index (χ3v) is 4.21. The second kappa shape index (κ2) is 5.94. The molecule has 0 saturated carbocycles. The van der Waals surface area contributed by atoms with E-state index in [1.165, 1.54) is 12.1 Å². The van der Waals surface area contributed by atoms with E-state index in [0.29, 0.717) is 12.8 Å². The molecule has 1 amide bonds. The Morgan fingerprint density at radius 3 is 2.17 bits per heavy atom. The van der Waals surface area contributed by atoms with Crippen molar-refractivity contribution in [2.75, 3.05) is 6.54 Å². The van der Waals surface area contributed by atoms with Crippen LogP contribution in [0.1, 0.15) is 27.0 Å². The molecule has 6 heteroatoms. The average molecular weight is 335 g/mol. The second-order valence-electron chi connectivity index (χ2n) is 6.07. The van der Waals surface area contributed by atoms with Crippen LogP contribution in [0.2, 0.25) is 0 Å². The predicted octanol–water partition coefficient (Wildman–Crippen LogP) is 2.97. The van der Waals surface area contributed by atoms with Crippen LogP contribution in [-0.4, -0.2) is 23.2 Å². The lowest BCUT2D eigenvalue weighted by atomic mass is 10.00. The largest absolute Gasteiger partial charge is 0.417 e. The van der Waals surface area contributed by atoms with Crippen LogP contribution in [0, 0.1) is 0 Å². The summed E-state index contributed by atoms with van der Waals surface area (Å²) in [7, 11) is 0. The molecule has 0 spiro atoms. The lowest BCUT2D eigenvalue weighted by molar-refractivity contribution is -0.137. The van der Waals surface area contributed by atoms with Gasteiger partial charge in [-0.3, -0.25) is 4.79 Å². The summed E-state index contributed by atoms with van der Waals surface area (Å²) in [6, 6.07) is 12.1. The molecule has 0 aromatic heterocycles. The van der Waals surface area contributed by atoms with Crippen molar-refractivity contribution < 1.29 is 23.1 Å². The smallest absolute Gasteiger partial charge is 0.387 e. The van der Waals surface area contributed by atoms with Crippen molar-refractivity contribution in [2.24, 2.45) is 0 Å². The zero-order valence-electron chi connectivity index (χ0n) is 12.7. The van der Waals surface area contributed by atoms with Gasteiger partial charge in [0.05, 0.1) is 16.7 Å². The highest BCUT2D eigenvalue weighted by atomic mass is 19.4. The van der Waals surface area contributed by atoms with Gasteiger partial charge in [0.1, 0.15) is 0 Å². The molecule has 2 N–H and O–H groups in total. The summed E-state index contributed by atoms with van der Waals surface area (Å²) in [6.45, 7) is -0.104. The van der Waals surface area contributed by atoms with Crippen molar-refractivity contribution in [3.63, 3.8) is 0 Å². The zero-order valence-corrected chi connectivity index (χ0v) is 12.7. The molecule has 0 unspecified atom stereocenters. The highest BCUT2D eigenvalue weighted by Crippen LogP contribution is 2.32. The Hall–Kier alpha value is -2.34. The summed E-state index contributed by atoms with van der Waals surface area (Å²) in [5.41, 5.74) is -0.616. The zero-order chi connectivity index (χ0) is 17.4. The molecule has 126 valence electrons. The van der Waals surface area contributed by atoms with Crippen molar-refractivity contribution in [3.05, 3.63) is 70.8 Å². The SMILES string of the molecule is O=C(NCC1(O)Cc2ccccc2C1)c1ccccc1C(F)(F)F. The van der Waals surface area contributed by atoms with E-state index in [1.54, 1.807) is 0 Å². The molecule has 0 atom stereocenters. The molecular weight excluding hydrogens is 319 g/mol. The standard InChI is InChI=1S/C18H16F3NO2/c19-18(20,21)15-8-4-3-7-14(15)16(23)22-11-17(24)9-12-5-1-2-6-13(12)10-17/h1-8,24H,9-11H2,(H,22,23). The van der Waals surface area contributed by atoms with E-state index >= 15 is 0 Å². The number of hydrogen-bond donors (Lipinski definition) is 2. The summed E-state index contributed by atoms with van der Waals surface area (Å²) >= 11 is 0.